The van der Waals surface area contributed by atoms with Crippen molar-refractivity contribution >= 4 is 17.2 Å². The highest BCUT2D eigenvalue weighted by molar-refractivity contribution is 7.09. The molecule has 0 N–H and O–H groups in total. The summed E-state index contributed by atoms with van der Waals surface area (Å²) in [5.41, 5.74) is 0. The zero-order chi connectivity index (χ0) is 13.8. The Morgan fingerprint density at radius 3 is 2.85 bits per heavy atom. The maximum Gasteiger partial charge on any atom is 0.224 e. The van der Waals surface area contributed by atoms with Gasteiger partial charge in [0.2, 0.25) is 5.91 Å². The molecule has 0 atom stereocenters. The van der Waals surface area contributed by atoms with Crippen molar-refractivity contribution in [2.75, 3.05) is 32.8 Å². The van der Waals surface area contributed by atoms with Gasteiger partial charge in [-0.1, -0.05) is 6.07 Å². The van der Waals surface area contributed by atoms with E-state index in [9.17, 15) is 4.79 Å². The molecule has 20 heavy (non-hydrogen) atoms. The molecule has 0 radical (unpaired) electrons. The van der Waals surface area contributed by atoms with Crippen molar-refractivity contribution in [2.45, 2.75) is 31.8 Å². The number of morpholine rings is 1. The van der Waals surface area contributed by atoms with Gasteiger partial charge in [-0.2, -0.15) is 0 Å². The lowest BCUT2D eigenvalue weighted by molar-refractivity contribution is -0.135. The monoisotopic (exact) mass is 294 g/mol. The van der Waals surface area contributed by atoms with E-state index in [1.165, 1.54) is 17.7 Å². The van der Waals surface area contributed by atoms with E-state index in [1.807, 2.05) is 4.90 Å². The predicted octanol–water partition coefficient (Wildman–Crippen LogP) is 1.96. The number of hydrogen-bond donors (Lipinski definition) is 0. The lowest BCUT2D eigenvalue weighted by Crippen LogP contribution is -2.42. The largest absolute Gasteiger partial charge is 0.378 e. The molecule has 1 aliphatic carbocycles. The van der Waals surface area contributed by atoms with E-state index in [2.05, 4.69) is 22.4 Å². The van der Waals surface area contributed by atoms with Gasteiger partial charge in [-0.25, -0.2) is 0 Å². The molecule has 3 rings (SSSR count). The Morgan fingerprint density at radius 1 is 1.40 bits per heavy atom. The smallest absolute Gasteiger partial charge is 0.224 e. The highest BCUT2D eigenvalue weighted by Crippen LogP contribution is 2.29. The fourth-order valence-electron chi connectivity index (χ4n) is 2.64. The highest BCUT2D eigenvalue weighted by Gasteiger charge is 2.29. The molecule has 5 heteroatoms. The lowest BCUT2D eigenvalue weighted by atomic mass is 10.3. The van der Waals surface area contributed by atoms with E-state index in [-0.39, 0.29) is 5.91 Å². The molecule has 4 nitrogen and oxygen atoms in total. The van der Waals surface area contributed by atoms with Crippen molar-refractivity contribution in [3.8, 4) is 0 Å². The van der Waals surface area contributed by atoms with Gasteiger partial charge in [0.25, 0.3) is 0 Å². The maximum absolute atomic E-state index is 12.2. The molecule has 1 aromatic heterocycles. The van der Waals surface area contributed by atoms with Gasteiger partial charge in [-0.3, -0.25) is 9.69 Å². The third-order valence-corrected chi connectivity index (χ3v) is 4.84. The van der Waals surface area contributed by atoms with Crippen LogP contribution in [0.1, 0.15) is 24.1 Å². The Labute approximate surface area is 124 Å². The Morgan fingerprint density at radius 2 is 2.20 bits per heavy atom. The second kappa shape index (κ2) is 6.70. The van der Waals surface area contributed by atoms with Crippen LogP contribution in [0, 0.1) is 0 Å². The van der Waals surface area contributed by atoms with E-state index < -0.39 is 0 Å². The van der Waals surface area contributed by atoms with Crippen LogP contribution in [0.15, 0.2) is 17.5 Å². The molecule has 0 bridgehead atoms. The molecule has 2 heterocycles. The molecule has 110 valence electrons. The van der Waals surface area contributed by atoms with Crippen molar-refractivity contribution < 1.29 is 9.53 Å². The van der Waals surface area contributed by atoms with Gasteiger partial charge in [0.05, 0.1) is 13.2 Å². The molecule has 1 aromatic rings. The summed E-state index contributed by atoms with van der Waals surface area (Å²) in [7, 11) is 0. The summed E-state index contributed by atoms with van der Waals surface area (Å²) in [6.45, 7) is 4.78. The molecule has 1 aliphatic heterocycles. The Bertz CT molecular complexity index is 425. The van der Waals surface area contributed by atoms with Crippen LogP contribution < -0.4 is 0 Å². The van der Waals surface area contributed by atoms with E-state index in [4.69, 9.17) is 4.74 Å². The Kier molecular flexibility index (Phi) is 4.70. The molecular weight excluding hydrogens is 272 g/mol. The third-order valence-electron chi connectivity index (χ3n) is 3.98. The predicted molar refractivity (Wildman–Crippen MR) is 79.8 cm³/mol. The Balaban J connectivity index is 1.48. The lowest BCUT2D eigenvalue weighted by Gasteiger charge is -2.28. The maximum atomic E-state index is 12.2. The number of thiophene rings is 1. The fraction of sp³-hybridized carbons (Fsp3) is 0.667. The number of rotatable bonds is 6. The minimum absolute atomic E-state index is 0.283. The van der Waals surface area contributed by atoms with Crippen molar-refractivity contribution in [2.24, 2.45) is 0 Å². The standard InChI is InChI=1S/C15H22N2O2S/c18-15(16-7-9-19-10-8-16)5-6-17(13-3-4-13)12-14-2-1-11-20-14/h1-2,11,13H,3-10,12H2. The second-order valence-corrected chi connectivity index (χ2v) is 6.56. The fourth-order valence-corrected chi connectivity index (χ4v) is 3.37. The average molecular weight is 294 g/mol. The molecule has 0 aromatic carbocycles. The second-order valence-electron chi connectivity index (χ2n) is 5.52. The molecule has 1 saturated carbocycles. The summed E-state index contributed by atoms with van der Waals surface area (Å²) in [6, 6.07) is 4.99. The van der Waals surface area contributed by atoms with Crippen LogP contribution in [-0.2, 0) is 16.1 Å². The molecule has 1 saturated heterocycles. The summed E-state index contributed by atoms with van der Waals surface area (Å²) >= 11 is 1.81. The molecule has 2 fully saturated rings. The number of nitrogens with zero attached hydrogens (tertiary/aromatic N) is 2. The summed E-state index contributed by atoms with van der Waals surface area (Å²) in [5.74, 6) is 0.283. The topological polar surface area (TPSA) is 32.8 Å². The average Bonchev–Trinajstić information content (AvgIpc) is 3.21. The van der Waals surface area contributed by atoms with Gasteiger partial charge in [-0.05, 0) is 24.3 Å². The number of hydrogen-bond acceptors (Lipinski definition) is 4. The van der Waals surface area contributed by atoms with Crippen LogP contribution in [0.3, 0.4) is 0 Å². The van der Waals surface area contributed by atoms with Crippen molar-refractivity contribution in [1.82, 2.24) is 9.80 Å². The van der Waals surface area contributed by atoms with Crippen LogP contribution in [-0.4, -0.2) is 54.6 Å². The summed E-state index contributed by atoms with van der Waals surface area (Å²) in [5, 5.41) is 2.12. The zero-order valence-electron chi connectivity index (χ0n) is 11.8. The van der Waals surface area contributed by atoms with Crippen LogP contribution in [0.25, 0.3) is 0 Å². The number of carbonyl (C=O) groups excluding carboxylic acids is 1. The van der Waals surface area contributed by atoms with E-state index in [0.717, 1.165) is 26.2 Å². The zero-order valence-corrected chi connectivity index (χ0v) is 12.6. The van der Waals surface area contributed by atoms with Gasteiger partial charge in [0.15, 0.2) is 0 Å². The van der Waals surface area contributed by atoms with Gasteiger partial charge < -0.3 is 9.64 Å². The normalized spacial score (nSPS) is 19.6. The first-order chi connectivity index (χ1) is 9.83. The van der Waals surface area contributed by atoms with Gasteiger partial charge in [0.1, 0.15) is 0 Å². The van der Waals surface area contributed by atoms with Gasteiger partial charge in [0, 0.05) is 43.5 Å². The van der Waals surface area contributed by atoms with Crippen LogP contribution in [0.4, 0.5) is 0 Å². The first-order valence-corrected chi connectivity index (χ1v) is 8.33. The molecule has 0 spiro atoms. The third kappa shape index (κ3) is 3.81. The highest BCUT2D eigenvalue weighted by atomic mass is 32.1. The van der Waals surface area contributed by atoms with Crippen LogP contribution in [0.5, 0.6) is 0 Å². The first kappa shape index (κ1) is 14.0. The number of carbonyl (C=O) groups is 1. The van der Waals surface area contributed by atoms with E-state index >= 15 is 0 Å². The van der Waals surface area contributed by atoms with Crippen molar-refractivity contribution in [1.29, 1.82) is 0 Å². The number of ether oxygens (including phenoxy) is 1. The summed E-state index contributed by atoms with van der Waals surface area (Å²) < 4.78 is 5.29. The summed E-state index contributed by atoms with van der Waals surface area (Å²) in [4.78, 5) is 18.0. The van der Waals surface area contributed by atoms with Crippen molar-refractivity contribution in [3.05, 3.63) is 22.4 Å². The molecular formula is C15H22N2O2S. The van der Waals surface area contributed by atoms with Crippen LogP contribution >= 0.6 is 11.3 Å². The van der Waals surface area contributed by atoms with Crippen LogP contribution in [0.2, 0.25) is 0 Å². The quantitative estimate of drug-likeness (QED) is 0.804. The van der Waals surface area contributed by atoms with E-state index in [0.29, 0.717) is 25.7 Å². The first-order valence-electron chi connectivity index (χ1n) is 7.45. The SMILES string of the molecule is O=C(CCN(Cc1cccs1)C1CC1)N1CCOCC1. The van der Waals surface area contributed by atoms with Gasteiger partial charge >= 0.3 is 0 Å². The van der Waals surface area contributed by atoms with Crippen molar-refractivity contribution in [3.63, 3.8) is 0 Å². The minimum atomic E-state index is 0.283. The van der Waals surface area contributed by atoms with Gasteiger partial charge in [-0.15, -0.1) is 11.3 Å². The minimum Gasteiger partial charge on any atom is -0.378 e. The Hall–Kier alpha value is -0.910. The molecule has 1 amide bonds. The molecule has 2 aliphatic rings. The summed E-state index contributed by atoms with van der Waals surface area (Å²) in [6.07, 6.45) is 3.22. The van der Waals surface area contributed by atoms with E-state index in [1.54, 1.807) is 11.3 Å². The molecule has 0 unspecified atom stereocenters. The number of amides is 1.